The van der Waals surface area contributed by atoms with Crippen molar-refractivity contribution in [3.63, 3.8) is 0 Å². The van der Waals surface area contributed by atoms with E-state index in [2.05, 4.69) is 4.98 Å². The van der Waals surface area contributed by atoms with E-state index in [4.69, 9.17) is 4.42 Å². The van der Waals surface area contributed by atoms with Crippen LogP contribution < -0.4 is 0 Å². The Bertz CT molecular complexity index is 785. The zero-order valence-corrected chi connectivity index (χ0v) is 11.8. The fourth-order valence-corrected chi connectivity index (χ4v) is 2.34. The number of rotatable bonds is 3. The zero-order chi connectivity index (χ0) is 15.0. The van der Waals surface area contributed by atoms with E-state index in [1.165, 1.54) is 0 Å². The minimum Gasteiger partial charge on any atom is -0.478 e. The van der Waals surface area contributed by atoms with Crippen molar-refractivity contribution in [2.24, 2.45) is 0 Å². The second kappa shape index (κ2) is 5.05. The molecule has 0 saturated heterocycles. The highest BCUT2D eigenvalue weighted by atomic mass is 16.4. The Morgan fingerprint density at radius 3 is 2.62 bits per heavy atom. The summed E-state index contributed by atoms with van der Waals surface area (Å²) in [5.74, 6) is -0.280. The smallest absolute Gasteiger partial charge is 0.337 e. The summed E-state index contributed by atoms with van der Waals surface area (Å²) >= 11 is 0. The van der Waals surface area contributed by atoms with Crippen molar-refractivity contribution in [1.82, 2.24) is 4.98 Å². The van der Waals surface area contributed by atoms with Crippen molar-refractivity contribution in [2.45, 2.75) is 19.8 Å². The van der Waals surface area contributed by atoms with Gasteiger partial charge in [0.05, 0.1) is 11.3 Å². The maximum atomic E-state index is 11.3. The first-order chi connectivity index (χ1) is 10.1. The molecular formula is C17H15NO3. The Labute approximate surface area is 122 Å². The number of hydrogen-bond acceptors (Lipinski definition) is 3. The first-order valence-electron chi connectivity index (χ1n) is 6.79. The molecule has 3 rings (SSSR count). The number of furan rings is 1. The lowest BCUT2D eigenvalue weighted by molar-refractivity contribution is 0.0694. The predicted octanol–water partition coefficient (Wildman–Crippen LogP) is 4.32. The molecule has 2 aromatic heterocycles. The van der Waals surface area contributed by atoms with Crippen LogP contribution >= 0.6 is 0 Å². The molecular weight excluding hydrogens is 266 g/mol. The number of fused-ring (bicyclic) bond motifs is 1. The standard InChI is InChI=1S/C17H15NO3/c1-10(2)16-12(17(19)20)7-8-13(18-16)15-9-11-5-3-4-6-14(11)21-15/h3-10H,1-2H3,(H,19,20). The van der Waals surface area contributed by atoms with Crippen LogP contribution in [0, 0.1) is 0 Å². The molecule has 0 fully saturated rings. The van der Waals surface area contributed by atoms with Gasteiger partial charge in [-0.05, 0) is 30.2 Å². The summed E-state index contributed by atoms with van der Waals surface area (Å²) in [6.07, 6.45) is 0. The Morgan fingerprint density at radius 2 is 1.95 bits per heavy atom. The molecule has 0 aliphatic carbocycles. The zero-order valence-electron chi connectivity index (χ0n) is 11.8. The van der Waals surface area contributed by atoms with E-state index >= 15 is 0 Å². The number of aromatic carboxylic acids is 1. The molecule has 0 spiro atoms. The van der Waals surface area contributed by atoms with Gasteiger partial charge >= 0.3 is 5.97 Å². The molecule has 21 heavy (non-hydrogen) atoms. The molecule has 3 aromatic rings. The number of pyridine rings is 1. The summed E-state index contributed by atoms with van der Waals surface area (Å²) in [6.45, 7) is 3.86. The fraction of sp³-hybridized carbons (Fsp3) is 0.176. The minimum absolute atomic E-state index is 0.0282. The van der Waals surface area contributed by atoms with Gasteiger partial charge in [-0.1, -0.05) is 32.0 Å². The van der Waals surface area contributed by atoms with E-state index in [1.54, 1.807) is 12.1 Å². The van der Waals surface area contributed by atoms with Gasteiger partial charge in [-0.2, -0.15) is 0 Å². The number of carboxylic acid groups (broad SMARTS) is 1. The maximum absolute atomic E-state index is 11.3. The minimum atomic E-state index is -0.956. The van der Waals surface area contributed by atoms with Crippen molar-refractivity contribution >= 4 is 16.9 Å². The van der Waals surface area contributed by atoms with Gasteiger partial charge in [0, 0.05) is 5.39 Å². The molecule has 0 atom stereocenters. The third-order valence-corrected chi connectivity index (χ3v) is 3.38. The molecule has 1 N–H and O–H groups in total. The predicted molar refractivity (Wildman–Crippen MR) is 80.5 cm³/mol. The number of hydrogen-bond donors (Lipinski definition) is 1. The third-order valence-electron chi connectivity index (χ3n) is 3.38. The van der Waals surface area contributed by atoms with Crippen LogP contribution in [0.5, 0.6) is 0 Å². The number of carboxylic acids is 1. The monoisotopic (exact) mass is 281 g/mol. The van der Waals surface area contributed by atoms with Crippen molar-refractivity contribution < 1.29 is 14.3 Å². The van der Waals surface area contributed by atoms with E-state index in [9.17, 15) is 9.90 Å². The van der Waals surface area contributed by atoms with Crippen molar-refractivity contribution in [3.05, 3.63) is 53.7 Å². The van der Waals surface area contributed by atoms with E-state index in [0.717, 1.165) is 11.0 Å². The summed E-state index contributed by atoms with van der Waals surface area (Å²) in [6, 6.07) is 12.9. The number of nitrogens with zero attached hydrogens (tertiary/aromatic N) is 1. The van der Waals surface area contributed by atoms with Crippen LogP contribution in [0.2, 0.25) is 0 Å². The topological polar surface area (TPSA) is 63.3 Å². The summed E-state index contributed by atoms with van der Waals surface area (Å²) in [7, 11) is 0. The Balaban J connectivity index is 2.14. The fourth-order valence-electron chi connectivity index (χ4n) is 2.34. The summed E-state index contributed by atoms with van der Waals surface area (Å²) in [5.41, 5.74) is 2.26. The van der Waals surface area contributed by atoms with Crippen LogP contribution in [0.3, 0.4) is 0 Å². The van der Waals surface area contributed by atoms with Gasteiger partial charge < -0.3 is 9.52 Å². The van der Waals surface area contributed by atoms with Crippen LogP contribution in [0.15, 0.2) is 46.9 Å². The van der Waals surface area contributed by atoms with Gasteiger partial charge in [0.1, 0.15) is 11.3 Å². The SMILES string of the molecule is CC(C)c1nc(-c2cc3ccccc3o2)ccc1C(=O)O. The van der Waals surface area contributed by atoms with Crippen molar-refractivity contribution in [1.29, 1.82) is 0 Å². The number of para-hydroxylation sites is 1. The molecule has 0 aliphatic rings. The molecule has 4 nitrogen and oxygen atoms in total. The maximum Gasteiger partial charge on any atom is 0.337 e. The largest absolute Gasteiger partial charge is 0.478 e. The highest BCUT2D eigenvalue weighted by Crippen LogP contribution is 2.28. The molecule has 4 heteroatoms. The first-order valence-corrected chi connectivity index (χ1v) is 6.79. The average molecular weight is 281 g/mol. The van der Waals surface area contributed by atoms with E-state index < -0.39 is 5.97 Å². The molecule has 0 unspecified atom stereocenters. The number of benzene rings is 1. The number of aromatic nitrogens is 1. The van der Waals surface area contributed by atoms with Gasteiger partial charge in [0.25, 0.3) is 0 Å². The van der Waals surface area contributed by atoms with E-state index in [-0.39, 0.29) is 11.5 Å². The van der Waals surface area contributed by atoms with E-state index in [1.807, 2.05) is 44.2 Å². The second-order valence-electron chi connectivity index (χ2n) is 5.24. The average Bonchev–Trinajstić information content (AvgIpc) is 2.90. The molecule has 0 aliphatic heterocycles. The highest BCUT2D eigenvalue weighted by Gasteiger charge is 2.17. The molecule has 106 valence electrons. The quantitative estimate of drug-likeness (QED) is 0.776. The molecule has 0 saturated carbocycles. The lowest BCUT2D eigenvalue weighted by Crippen LogP contribution is -2.07. The third kappa shape index (κ3) is 2.40. The van der Waals surface area contributed by atoms with Crippen LogP contribution in [0.4, 0.5) is 0 Å². The summed E-state index contributed by atoms with van der Waals surface area (Å²) < 4.78 is 5.78. The molecule has 2 heterocycles. The van der Waals surface area contributed by atoms with E-state index in [0.29, 0.717) is 17.1 Å². The molecule has 0 amide bonds. The van der Waals surface area contributed by atoms with Gasteiger partial charge in [-0.15, -0.1) is 0 Å². The van der Waals surface area contributed by atoms with Crippen LogP contribution in [0.1, 0.15) is 35.8 Å². The first kappa shape index (κ1) is 13.4. The Hall–Kier alpha value is -2.62. The van der Waals surface area contributed by atoms with Gasteiger partial charge in [-0.25, -0.2) is 9.78 Å². The lowest BCUT2D eigenvalue weighted by atomic mass is 10.0. The lowest BCUT2D eigenvalue weighted by Gasteiger charge is -2.09. The summed E-state index contributed by atoms with van der Waals surface area (Å²) in [4.78, 5) is 15.7. The Morgan fingerprint density at radius 1 is 1.19 bits per heavy atom. The number of carbonyl (C=O) groups is 1. The normalized spacial score (nSPS) is 11.2. The van der Waals surface area contributed by atoms with Gasteiger partial charge in [-0.3, -0.25) is 0 Å². The van der Waals surface area contributed by atoms with Gasteiger partial charge in [0.15, 0.2) is 5.76 Å². The highest BCUT2D eigenvalue weighted by molar-refractivity contribution is 5.89. The molecule has 0 bridgehead atoms. The van der Waals surface area contributed by atoms with Crippen molar-refractivity contribution in [3.8, 4) is 11.5 Å². The second-order valence-corrected chi connectivity index (χ2v) is 5.24. The van der Waals surface area contributed by atoms with Gasteiger partial charge in [0.2, 0.25) is 0 Å². The molecule has 0 radical (unpaired) electrons. The van der Waals surface area contributed by atoms with Crippen LogP contribution in [0.25, 0.3) is 22.4 Å². The Kier molecular flexibility index (Phi) is 3.22. The summed E-state index contributed by atoms with van der Waals surface area (Å²) in [5, 5.41) is 10.2. The molecule has 1 aromatic carbocycles. The van der Waals surface area contributed by atoms with Crippen molar-refractivity contribution in [2.75, 3.05) is 0 Å². The van der Waals surface area contributed by atoms with Crippen LogP contribution in [-0.4, -0.2) is 16.1 Å². The van der Waals surface area contributed by atoms with Crippen LogP contribution in [-0.2, 0) is 0 Å².